The number of H-pyrrole nitrogens is 1. The topological polar surface area (TPSA) is 70.0 Å². The van der Waals surface area contributed by atoms with Crippen molar-refractivity contribution in [1.82, 2.24) is 15.1 Å². The number of nitrogens with one attached hydrogen (secondary N) is 2. The van der Waals surface area contributed by atoms with E-state index in [1.807, 2.05) is 12.1 Å². The molecule has 0 unspecified atom stereocenters. The summed E-state index contributed by atoms with van der Waals surface area (Å²) in [5.74, 6) is 0. The fourth-order valence-electron chi connectivity index (χ4n) is 1.94. The van der Waals surface area contributed by atoms with Crippen molar-refractivity contribution in [3.63, 3.8) is 0 Å². The molecule has 0 radical (unpaired) electrons. The van der Waals surface area contributed by atoms with Crippen molar-refractivity contribution in [3.05, 3.63) is 18.3 Å². The van der Waals surface area contributed by atoms with Crippen LogP contribution in [-0.4, -0.2) is 42.3 Å². The summed E-state index contributed by atoms with van der Waals surface area (Å²) in [6.45, 7) is 2.06. The van der Waals surface area contributed by atoms with Gasteiger partial charge in [0.2, 0.25) is 0 Å². The average molecular weight is 247 g/mol. The highest BCUT2D eigenvalue weighted by molar-refractivity contribution is 5.88. The first-order chi connectivity index (χ1) is 8.66. The van der Waals surface area contributed by atoms with Gasteiger partial charge in [-0.15, -0.1) is 0 Å². The van der Waals surface area contributed by atoms with E-state index in [0.717, 1.165) is 41.8 Å². The van der Waals surface area contributed by atoms with E-state index in [2.05, 4.69) is 34.5 Å². The number of hydrogen-bond acceptors (Lipinski definition) is 4. The summed E-state index contributed by atoms with van der Waals surface area (Å²) in [5.41, 5.74) is 8.77. The molecular formula is C13H21N5. The minimum Gasteiger partial charge on any atom is -0.397 e. The third-order valence-electron chi connectivity index (χ3n) is 2.96. The number of hydrogen-bond donors (Lipinski definition) is 3. The molecule has 0 aliphatic heterocycles. The minimum atomic E-state index is 0.775. The van der Waals surface area contributed by atoms with Crippen LogP contribution in [0, 0.1) is 0 Å². The number of nitrogens with zero attached hydrogens (tertiary/aromatic N) is 2. The van der Waals surface area contributed by atoms with Crippen LogP contribution in [0.2, 0.25) is 0 Å². The molecule has 2 rings (SSSR count). The normalized spacial score (nSPS) is 11.3. The SMILES string of the molecule is CN(C)CCCCNc1cc2[nH]ncc2cc1N. The third-order valence-corrected chi connectivity index (χ3v) is 2.96. The molecule has 5 nitrogen and oxygen atoms in total. The number of anilines is 2. The molecule has 1 aromatic heterocycles. The summed E-state index contributed by atoms with van der Waals surface area (Å²) in [6, 6.07) is 3.96. The molecule has 5 heteroatoms. The molecule has 0 fully saturated rings. The quantitative estimate of drug-likeness (QED) is 0.538. The molecule has 98 valence electrons. The smallest absolute Gasteiger partial charge is 0.0672 e. The number of aromatic nitrogens is 2. The molecule has 2 aromatic rings. The summed E-state index contributed by atoms with van der Waals surface area (Å²) in [7, 11) is 4.19. The van der Waals surface area contributed by atoms with Crippen molar-refractivity contribution in [2.24, 2.45) is 0 Å². The highest BCUT2D eigenvalue weighted by Gasteiger charge is 2.03. The lowest BCUT2D eigenvalue weighted by Crippen LogP contribution is -2.14. The second kappa shape index (κ2) is 5.73. The van der Waals surface area contributed by atoms with Gasteiger partial charge in [0, 0.05) is 11.9 Å². The Labute approximate surface area is 107 Å². The van der Waals surface area contributed by atoms with E-state index in [1.165, 1.54) is 6.42 Å². The fourth-order valence-corrected chi connectivity index (χ4v) is 1.94. The lowest BCUT2D eigenvalue weighted by Gasteiger charge is -2.11. The predicted octanol–water partition coefficient (Wildman–Crippen LogP) is 1.90. The molecule has 0 bridgehead atoms. The maximum atomic E-state index is 6.00. The van der Waals surface area contributed by atoms with Gasteiger partial charge in [0.1, 0.15) is 0 Å². The molecule has 18 heavy (non-hydrogen) atoms. The summed E-state index contributed by atoms with van der Waals surface area (Å²) < 4.78 is 0. The van der Waals surface area contributed by atoms with Crippen molar-refractivity contribution in [3.8, 4) is 0 Å². The molecule has 0 aliphatic rings. The van der Waals surface area contributed by atoms with Crippen LogP contribution < -0.4 is 11.1 Å². The fraction of sp³-hybridized carbons (Fsp3) is 0.462. The molecule has 0 spiro atoms. The van der Waals surface area contributed by atoms with E-state index < -0.39 is 0 Å². The van der Waals surface area contributed by atoms with Gasteiger partial charge >= 0.3 is 0 Å². The van der Waals surface area contributed by atoms with Gasteiger partial charge in [-0.25, -0.2) is 0 Å². The van der Waals surface area contributed by atoms with Gasteiger partial charge in [-0.1, -0.05) is 0 Å². The molecule has 4 N–H and O–H groups in total. The van der Waals surface area contributed by atoms with Crippen LogP contribution in [0.5, 0.6) is 0 Å². The van der Waals surface area contributed by atoms with Crippen LogP contribution in [0.3, 0.4) is 0 Å². The summed E-state index contributed by atoms with van der Waals surface area (Å²) in [6.07, 6.45) is 4.11. The van der Waals surface area contributed by atoms with Crippen molar-refractivity contribution < 1.29 is 0 Å². The highest BCUT2D eigenvalue weighted by atomic mass is 15.1. The van der Waals surface area contributed by atoms with E-state index in [4.69, 9.17) is 5.73 Å². The minimum absolute atomic E-state index is 0.775. The van der Waals surface area contributed by atoms with Gasteiger partial charge in [0.25, 0.3) is 0 Å². The van der Waals surface area contributed by atoms with E-state index in [-0.39, 0.29) is 0 Å². The summed E-state index contributed by atoms with van der Waals surface area (Å²) in [4.78, 5) is 2.20. The Hall–Kier alpha value is -1.75. The Morgan fingerprint density at radius 2 is 2.17 bits per heavy atom. The Bertz CT molecular complexity index is 503. The number of benzene rings is 1. The van der Waals surface area contributed by atoms with Crippen molar-refractivity contribution in [2.45, 2.75) is 12.8 Å². The Morgan fingerprint density at radius 1 is 1.33 bits per heavy atom. The van der Waals surface area contributed by atoms with Crippen LogP contribution in [0.25, 0.3) is 10.9 Å². The molecule has 0 amide bonds. The molecule has 0 atom stereocenters. The van der Waals surface area contributed by atoms with E-state index >= 15 is 0 Å². The molecular weight excluding hydrogens is 226 g/mol. The van der Waals surface area contributed by atoms with Gasteiger partial charge in [-0.3, -0.25) is 5.10 Å². The molecule has 0 aliphatic carbocycles. The maximum Gasteiger partial charge on any atom is 0.0672 e. The Morgan fingerprint density at radius 3 is 2.94 bits per heavy atom. The van der Waals surface area contributed by atoms with E-state index in [0.29, 0.717) is 0 Å². The van der Waals surface area contributed by atoms with Crippen LogP contribution in [0.15, 0.2) is 18.3 Å². The van der Waals surface area contributed by atoms with E-state index in [9.17, 15) is 0 Å². The summed E-state index contributed by atoms with van der Waals surface area (Å²) >= 11 is 0. The maximum absolute atomic E-state index is 6.00. The Balaban J connectivity index is 1.88. The average Bonchev–Trinajstić information content (AvgIpc) is 2.75. The number of fused-ring (bicyclic) bond motifs is 1. The van der Waals surface area contributed by atoms with Gasteiger partial charge in [0.15, 0.2) is 0 Å². The molecule has 1 heterocycles. The van der Waals surface area contributed by atoms with Crippen LogP contribution in [-0.2, 0) is 0 Å². The van der Waals surface area contributed by atoms with Crippen LogP contribution >= 0.6 is 0 Å². The lowest BCUT2D eigenvalue weighted by molar-refractivity contribution is 0.396. The first-order valence-electron chi connectivity index (χ1n) is 6.28. The monoisotopic (exact) mass is 247 g/mol. The van der Waals surface area contributed by atoms with Gasteiger partial charge < -0.3 is 16.0 Å². The highest BCUT2D eigenvalue weighted by Crippen LogP contribution is 2.24. The third kappa shape index (κ3) is 3.13. The van der Waals surface area contributed by atoms with Crippen molar-refractivity contribution in [2.75, 3.05) is 38.2 Å². The lowest BCUT2D eigenvalue weighted by atomic mass is 10.2. The standard InChI is InChI=1S/C13H21N5/c1-18(2)6-4-3-5-15-13-8-12-10(7-11(13)14)9-16-17-12/h7-9,15H,3-6,14H2,1-2H3,(H,16,17). The zero-order valence-corrected chi connectivity index (χ0v) is 11.0. The zero-order chi connectivity index (χ0) is 13.0. The number of aromatic amines is 1. The van der Waals surface area contributed by atoms with Crippen LogP contribution in [0.1, 0.15) is 12.8 Å². The van der Waals surface area contributed by atoms with Crippen molar-refractivity contribution in [1.29, 1.82) is 0 Å². The predicted molar refractivity (Wildman–Crippen MR) is 76.8 cm³/mol. The summed E-state index contributed by atoms with van der Waals surface area (Å²) in [5, 5.41) is 11.4. The second-order valence-corrected chi connectivity index (χ2v) is 4.83. The van der Waals surface area contributed by atoms with Crippen LogP contribution in [0.4, 0.5) is 11.4 Å². The number of nitrogens with two attached hydrogens (primary N) is 1. The van der Waals surface area contributed by atoms with Gasteiger partial charge in [-0.2, -0.15) is 5.10 Å². The van der Waals surface area contributed by atoms with E-state index in [1.54, 1.807) is 6.20 Å². The zero-order valence-electron chi connectivity index (χ0n) is 11.0. The first-order valence-corrected chi connectivity index (χ1v) is 6.28. The number of nitrogen functional groups attached to an aromatic ring is 1. The molecule has 0 saturated carbocycles. The Kier molecular flexibility index (Phi) is 4.04. The largest absolute Gasteiger partial charge is 0.397 e. The van der Waals surface area contributed by atoms with Gasteiger partial charge in [0.05, 0.1) is 23.1 Å². The first kappa shape index (κ1) is 12.7. The molecule has 0 saturated heterocycles. The number of rotatable bonds is 6. The number of unbranched alkanes of at least 4 members (excludes halogenated alkanes) is 1. The molecule has 1 aromatic carbocycles. The van der Waals surface area contributed by atoms with Gasteiger partial charge in [-0.05, 0) is 45.6 Å². The van der Waals surface area contributed by atoms with Crippen molar-refractivity contribution >= 4 is 22.3 Å². The second-order valence-electron chi connectivity index (χ2n) is 4.83.